The van der Waals surface area contributed by atoms with Crippen LogP contribution in [0.15, 0.2) is 116 Å². The summed E-state index contributed by atoms with van der Waals surface area (Å²) < 4.78 is 140. The third-order valence-corrected chi connectivity index (χ3v) is 18.2. The maximum absolute atomic E-state index is 15.4. The number of fused-ring (bicyclic) bond motifs is 3. The molecule has 1 saturated heterocycles. The van der Waals surface area contributed by atoms with Gasteiger partial charge in [-0.1, -0.05) is 30.3 Å². The average Bonchev–Trinajstić information content (AvgIpc) is 1.48. The second kappa shape index (κ2) is 25.0. The van der Waals surface area contributed by atoms with Gasteiger partial charge in [-0.05, 0) is 152 Å². The van der Waals surface area contributed by atoms with E-state index < -0.39 is 113 Å². The Bertz CT molecular complexity index is 4250. The maximum atomic E-state index is 15.4. The number of hydrogen-bond donors (Lipinski definition) is 4. The molecule has 17 nitrogen and oxygen atoms in total. The molecule has 0 radical (unpaired) electrons. The normalized spacial score (nSPS) is 19.4. The van der Waals surface area contributed by atoms with Crippen molar-refractivity contribution < 1.29 is 68.2 Å². The van der Waals surface area contributed by atoms with Gasteiger partial charge in [0.15, 0.2) is 5.69 Å². The van der Waals surface area contributed by atoms with Crippen molar-refractivity contribution in [2.45, 2.75) is 101 Å². The number of halogens is 9. The third kappa shape index (κ3) is 12.7. The monoisotopic (exact) mass is 1280 g/mol. The molecule has 6 aliphatic rings. The molecular weight excluding hydrogens is 1230 g/mol. The second-order valence-electron chi connectivity index (χ2n) is 24.5. The van der Waals surface area contributed by atoms with E-state index in [0.29, 0.717) is 82.5 Å². The zero-order chi connectivity index (χ0) is 65.1. The molecule has 2 bridgehead atoms. The van der Waals surface area contributed by atoms with E-state index in [-0.39, 0.29) is 83.6 Å². The molecule has 480 valence electrons. The van der Waals surface area contributed by atoms with E-state index in [9.17, 15) is 54.7 Å². The van der Waals surface area contributed by atoms with Crippen LogP contribution in [0.4, 0.5) is 50.0 Å². The molecular formula is C67H58F9N11O6. The molecule has 2 saturated carbocycles. The molecule has 26 heteroatoms. The fourth-order valence-corrected chi connectivity index (χ4v) is 13.9. The van der Waals surface area contributed by atoms with Gasteiger partial charge < -0.3 is 31.3 Å². The summed E-state index contributed by atoms with van der Waals surface area (Å²) in [6, 6.07) is 20.1. The lowest BCUT2D eigenvalue weighted by Gasteiger charge is -2.41. The number of likely N-dealkylation sites (tertiary alicyclic amines) is 1. The fourth-order valence-electron chi connectivity index (χ4n) is 13.9. The van der Waals surface area contributed by atoms with Gasteiger partial charge in [-0.15, -0.1) is 0 Å². The van der Waals surface area contributed by atoms with Crippen molar-refractivity contribution in [2.24, 2.45) is 23.5 Å². The minimum Gasteiger partial charge on any atom is -0.461 e. The van der Waals surface area contributed by atoms with Crippen LogP contribution in [0.5, 0.6) is 0 Å². The number of nitrogens with two attached hydrogens (primary N) is 1. The highest BCUT2D eigenvalue weighted by Crippen LogP contribution is 2.68. The molecule has 93 heavy (non-hydrogen) atoms. The molecule has 5 aliphatic carbocycles. The largest absolute Gasteiger partial charge is 0.461 e. The topological polar surface area (TPSA) is 221 Å². The number of rotatable bonds is 21. The molecule has 5 N–H and O–H groups in total. The molecule has 4 unspecified atom stereocenters. The summed E-state index contributed by atoms with van der Waals surface area (Å²) in [6.07, 6.45) is 2.66. The number of nitrogens with zero attached hydrogens (tertiary/aromatic N) is 7. The Morgan fingerprint density at radius 3 is 1.89 bits per heavy atom. The summed E-state index contributed by atoms with van der Waals surface area (Å²) in [5.41, 5.74) is 7.75. The predicted octanol–water partition coefficient (Wildman–Crippen LogP) is 11.5. The molecule has 8 aromatic rings. The Balaban J connectivity index is 0.644. The number of benzene rings is 4. The van der Waals surface area contributed by atoms with Crippen molar-refractivity contribution in [3.63, 3.8) is 0 Å². The Morgan fingerprint density at radius 2 is 1.29 bits per heavy atom. The molecule has 5 amide bonds. The van der Waals surface area contributed by atoms with Gasteiger partial charge in [0.25, 0.3) is 18.3 Å². The van der Waals surface area contributed by atoms with Crippen molar-refractivity contribution in [1.29, 1.82) is 0 Å². The number of alkyl halides is 4. The van der Waals surface area contributed by atoms with Gasteiger partial charge in [0.2, 0.25) is 11.8 Å². The smallest absolute Gasteiger partial charge is 0.359 e. The number of carbonyl (C=O) groups excluding carboxylic acids is 5. The first-order chi connectivity index (χ1) is 44.6. The Labute approximate surface area is 524 Å². The first kappa shape index (κ1) is 62.0. The van der Waals surface area contributed by atoms with Gasteiger partial charge in [0.1, 0.15) is 53.6 Å². The quantitative estimate of drug-likeness (QED) is 0.0394. The van der Waals surface area contributed by atoms with Crippen molar-refractivity contribution in [1.82, 2.24) is 45.1 Å². The number of amides is 5. The molecule has 1 aliphatic heterocycles. The van der Waals surface area contributed by atoms with Gasteiger partial charge in [0.05, 0.1) is 35.6 Å². The van der Waals surface area contributed by atoms with Gasteiger partial charge in [-0.25, -0.2) is 40.3 Å². The SMILES string of the molecule is NC(=O)c1cc(-c2cccnc2C(Cc2cc(F)cc(F)c2)NC(=O)Cn2nc(C(=O)OCCC3CCN(C(=O)Nc4ccc(-c5cccnc5[C@H](Cc5cc(F)cc(F)c5)NC(=O)Cn5nc(C(F)F)c6c5C(F)(F)C5CC65)cc4)C3)c3c2C2CC(C3)C2)ccc1F. The van der Waals surface area contributed by atoms with Crippen LogP contribution in [-0.2, 0) is 52.6 Å². The summed E-state index contributed by atoms with van der Waals surface area (Å²) >= 11 is 0. The third-order valence-electron chi connectivity index (χ3n) is 18.2. The zero-order valence-electron chi connectivity index (χ0n) is 49.3. The number of hydrogen-bond acceptors (Lipinski definition) is 10. The maximum Gasteiger partial charge on any atom is 0.359 e. The van der Waals surface area contributed by atoms with Gasteiger partial charge in [-0.3, -0.25) is 33.7 Å². The summed E-state index contributed by atoms with van der Waals surface area (Å²) in [6.45, 7) is -0.452. The van der Waals surface area contributed by atoms with Crippen LogP contribution in [0.25, 0.3) is 22.3 Å². The molecule has 3 fully saturated rings. The Hall–Kier alpha value is -9.88. The summed E-state index contributed by atoms with van der Waals surface area (Å²) in [7, 11) is 0. The minimum atomic E-state index is -3.48. The summed E-state index contributed by atoms with van der Waals surface area (Å²) in [5.74, 6) is -12.6. The van der Waals surface area contributed by atoms with Crippen LogP contribution in [0.3, 0.4) is 0 Å². The van der Waals surface area contributed by atoms with E-state index in [1.807, 2.05) is 0 Å². The van der Waals surface area contributed by atoms with Gasteiger partial charge in [-0.2, -0.15) is 19.0 Å². The van der Waals surface area contributed by atoms with E-state index in [4.69, 9.17) is 10.5 Å². The highest BCUT2D eigenvalue weighted by Gasteiger charge is 2.67. The van der Waals surface area contributed by atoms with Gasteiger partial charge in [0, 0.05) is 83.1 Å². The number of anilines is 1. The van der Waals surface area contributed by atoms with Crippen LogP contribution in [0.1, 0.15) is 134 Å². The zero-order valence-corrected chi connectivity index (χ0v) is 49.3. The lowest BCUT2D eigenvalue weighted by atomic mass is 9.64. The number of ether oxygens (including phenoxy) is 1. The van der Waals surface area contributed by atoms with Crippen LogP contribution >= 0.6 is 0 Å². The van der Waals surface area contributed by atoms with Gasteiger partial charge >= 0.3 is 12.0 Å². The molecule has 4 aromatic carbocycles. The second-order valence-corrected chi connectivity index (χ2v) is 24.5. The van der Waals surface area contributed by atoms with E-state index in [1.165, 1.54) is 29.2 Å². The molecule has 5 atom stereocenters. The van der Waals surface area contributed by atoms with Crippen molar-refractivity contribution in [2.75, 3.05) is 25.0 Å². The van der Waals surface area contributed by atoms with Crippen molar-refractivity contribution >= 4 is 35.4 Å². The van der Waals surface area contributed by atoms with E-state index in [2.05, 4.69) is 36.1 Å². The standard InChI is InChI=1S/C67H58F9N11O6/c68-40-19-35(20-41(69)27-40)24-52(82-55(89)32-87-62-56(60(84-87)63(73)74)47-29-50(47)67(62,75)76)57-45(3-1-13-78-57)37-5-8-44(9-6-37)80-66(92)85-15-11-33(30-85)12-16-93-65(91)59-49-23-34-17-39(18-34)61(49)86(83-59)31-54(88)81-53(25-36-21-42(70)28-43(71)22-36)58-46(4-2-14-79-58)38-7-10-51(72)48(26-38)64(77)90/h1-10,13-14,19-22,26-28,33-34,39,47,50,52-53,63H,11-12,15-18,23-25,29-32H2,(H2,77,90)(H,80,92)(H,81,88)(H,82,89)/t33?,34?,39?,47?,50?,52-,53?/m0/s1. The van der Waals surface area contributed by atoms with Crippen LogP contribution in [-0.4, -0.2) is 83.8 Å². The highest BCUT2D eigenvalue weighted by molar-refractivity contribution is 5.95. The number of primary amides is 1. The number of pyridine rings is 2. The fraction of sp³-hybridized carbons (Fsp3) is 0.328. The first-order valence-corrected chi connectivity index (χ1v) is 30.3. The molecule has 5 heterocycles. The first-order valence-electron chi connectivity index (χ1n) is 30.3. The number of carbonyl (C=O) groups is 5. The molecule has 4 aromatic heterocycles. The lowest BCUT2D eigenvalue weighted by Crippen LogP contribution is -2.36. The predicted molar refractivity (Wildman–Crippen MR) is 317 cm³/mol. The Morgan fingerprint density at radius 1 is 0.699 bits per heavy atom. The molecule has 0 spiro atoms. The highest BCUT2D eigenvalue weighted by atomic mass is 19.3. The van der Waals surface area contributed by atoms with Crippen molar-refractivity contribution in [3.8, 4) is 22.3 Å². The number of nitrogens with one attached hydrogen (secondary N) is 3. The van der Waals surface area contributed by atoms with Crippen LogP contribution in [0.2, 0.25) is 0 Å². The number of esters is 1. The van der Waals surface area contributed by atoms with Crippen LogP contribution < -0.4 is 21.7 Å². The average molecular weight is 1280 g/mol. The van der Waals surface area contributed by atoms with E-state index in [1.54, 1.807) is 53.4 Å². The van der Waals surface area contributed by atoms with E-state index in [0.717, 1.165) is 54.9 Å². The lowest BCUT2D eigenvalue weighted by molar-refractivity contribution is -0.123. The van der Waals surface area contributed by atoms with E-state index >= 15 is 8.78 Å². The Kier molecular flexibility index (Phi) is 16.6. The summed E-state index contributed by atoms with van der Waals surface area (Å²) in [4.78, 5) is 78.5. The summed E-state index contributed by atoms with van der Waals surface area (Å²) in [5, 5.41) is 17.0. The number of aromatic nitrogens is 6. The van der Waals surface area contributed by atoms with Crippen LogP contribution in [0, 0.1) is 46.8 Å². The minimum absolute atomic E-state index is 0.00702. The number of urea groups is 1. The van der Waals surface area contributed by atoms with Crippen molar-refractivity contribution in [3.05, 3.63) is 207 Å². The molecule has 14 rings (SSSR count).